The predicted molar refractivity (Wildman–Crippen MR) is 62.8 cm³/mol. The van der Waals surface area contributed by atoms with E-state index in [-0.39, 0.29) is 11.2 Å². The summed E-state index contributed by atoms with van der Waals surface area (Å²) in [4.78, 5) is 0. The highest BCUT2D eigenvalue weighted by Crippen LogP contribution is 2.58. The van der Waals surface area contributed by atoms with Crippen molar-refractivity contribution in [2.75, 3.05) is 6.61 Å². The van der Waals surface area contributed by atoms with E-state index in [9.17, 15) is 0 Å². The number of rotatable bonds is 5. The van der Waals surface area contributed by atoms with Crippen molar-refractivity contribution >= 4 is 7.12 Å². The topological polar surface area (TPSA) is 49.7 Å². The third kappa shape index (κ3) is 2.64. The fourth-order valence-corrected chi connectivity index (χ4v) is 2.05. The summed E-state index contributed by atoms with van der Waals surface area (Å²) < 4.78 is 5.60. The quantitative estimate of drug-likeness (QED) is 0.738. The standard InChI is InChI=1S/C12H17BO3/c1-12(7-11(12)13(14)15)9-16-8-10-5-3-2-4-6-10/h2-6,11,14-15H,7-9H2,1H3. The molecule has 0 saturated heterocycles. The largest absolute Gasteiger partial charge is 0.455 e. The number of ether oxygens (including phenoxy) is 1. The van der Waals surface area contributed by atoms with Crippen LogP contribution in [0.2, 0.25) is 5.82 Å². The second-order valence-corrected chi connectivity index (χ2v) is 4.86. The van der Waals surface area contributed by atoms with Crippen molar-refractivity contribution in [2.24, 2.45) is 5.41 Å². The maximum Gasteiger partial charge on any atom is 0.455 e. The zero-order chi connectivity index (χ0) is 11.6. The van der Waals surface area contributed by atoms with E-state index in [1.54, 1.807) is 0 Å². The lowest BCUT2D eigenvalue weighted by atomic mass is 9.78. The van der Waals surface area contributed by atoms with Crippen LogP contribution in [0.25, 0.3) is 0 Å². The van der Waals surface area contributed by atoms with Crippen molar-refractivity contribution in [3.8, 4) is 0 Å². The Hall–Kier alpha value is -0.835. The molecule has 0 bridgehead atoms. The predicted octanol–water partition coefficient (Wildman–Crippen LogP) is 1.46. The average Bonchev–Trinajstić information content (AvgIpc) is 2.93. The van der Waals surface area contributed by atoms with Gasteiger partial charge in [0.15, 0.2) is 0 Å². The molecule has 16 heavy (non-hydrogen) atoms. The molecule has 0 aliphatic heterocycles. The van der Waals surface area contributed by atoms with Crippen LogP contribution in [-0.4, -0.2) is 23.8 Å². The van der Waals surface area contributed by atoms with Gasteiger partial charge in [0.2, 0.25) is 0 Å². The highest BCUT2D eigenvalue weighted by molar-refractivity contribution is 6.44. The Morgan fingerprint density at radius 1 is 1.38 bits per heavy atom. The van der Waals surface area contributed by atoms with Crippen LogP contribution in [-0.2, 0) is 11.3 Å². The van der Waals surface area contributed by atoms with Gasteiger partial charge in [0, 0.05) is 5.82 Å². The van der Waals surface area contributed by atoms with E-state index >= 15 is 0 Å². The van der Waals surface area contributed by atoms with Crippen LogP contribution in [0.1, 0.15) is 18.9 Å². The molecule has 2 atom stereocenters. The van der Waals surface area contributed by atoms with E-state index in [4.69, 9.17) is 14.8 Å². The molecule has 1 aliphatic carbocycles. The highest BCUT2D eigenvalue weighted by atomic mass is 16.5. The Balaban J connectivity index is 1.74. The van der Waals surface area contributed by atoms with Crippen molar-refractivity contribution in [1.29, 1.82) is 0 Å². The minimum Gasteiger partial charge on any atom is -0.427 e. The molecule has 2 rings (SSSR count). The first-order valence-electron chi connectivity index (χ1n) is 5.60. The molecule has 2 unspecified atom stereocenters. The molecule has 2 N–H and O–H groups in total. The SMILES string of the molecule is CC1(COCc2ccccc2)CC1B(O)O. The Labute approximate surface area is 96.2 Å². The van der Waals surface area contributed by atoms with Crippen molar-refractivity contribution in [1.82, 2.24) is 0 Å². The van der Waals surface area contributed by atoms with E-state index in [1.807, 2.05) is 37.3 Å². The Bertz CT molecular complexity index is 341. The van der Waals surface area contributed by atoms with Crippen LogP contribution >= 0.6 is 0 Å². The molecule has 1 aliphatic rings. The van der Waals surface area contributed by atoms with E-state index in [0.29, 0.717) is 13.2 Å². The normalized spacial score (nSPS) is 27.8. The van der Waals surface area contributed by atoms with E-state index in [2.05, 4.69) is 0 Å². The zero-order valence-electron chi connectivity index (χ0n) is 9.47. The minimum atomic E-state index is -1.20. The van der Waals surface area contributed by atoms with Gasteiger partial charge in [-0.25, -0.2) is 0 Å². The molecule has 1 saturated carbocycles. The molecule has 1 fully saturated rings. The Morgan fingerprint density at radius 2 is 2.06 bits per heavy atom. The smallest absolute Gasteiger partial charge is 0.427 e. The summed E-state index contributed by atoms with van der Waals surface area (Å²) in [5.74, 6) is -0.0247. The van der Waals surface area contributed by atoms with Crippen LogP contribution in [0.4, 0.5) is 0 Å². The zero-order valence-corrected chi connectivity index (χ0v) is 9.47. The number of benzene rings is 1. The van der Waals surface area contributed by atoms with Gasteiger partial charge >= 0.3 is 7.12 Å². The summed E-state index contributed by atoms with van der Waals surface area (Å²) in [5.41, 5.74) is 1.09. The fourth-order valence-electron chi connectivity index (χ4n) is 2.05. The number of hydrogen-bond acceptors (Lipinski definition) is 3. The lowest BCUT2D eigenvalue weighted by Crippen LogP contribution is -2.18. The van der Waals surface area contributed by atoms with Gasteiger partial charge < -0.3 is 14.8 Å². The molecule has 0 aromatic heterocycles. The minimum absolute atomic E-state index is 0.0247. The van der Waals surface area contributed by atoms with Crippen molar-refractivity contribution < 1.29 is 14.8 Å². The first kappa shape index (κ1) is 11.6. The summed E-state index contributed by atoms with van der Waals surface area (Å²) in [6.45, 7) is 3.21. The van der Waals surface area contributed by atoms with Crippen LogP contribution in [0.3, 0.4) is 0 Å². The van der Waals surface area contributed by atoms with E-state index in [0.717, 1.165) is 12.0 Å². The monoisotopic (exact) mass is 220 g/mol. The molecule has 86 valence electrons. The van der Waals surface area contributed by atoms with Crippen LogP contribution in [0.5, 0.6) is 0 Å². The van der Waals surface area contributed by atoms with E-state index < -0.39 is 7.12 Å². The van der Waals surface area contributed by atoms with Crippen LogP contribution in [0, 0.1) is 5.41 Å². The summed E-state index contributed by atoms with van der Waals surface area (Å²) in [5, 5.41) is 18.1. The molecule has 0 amide bonds. The molecule has 1 aromatic rings. The lowest BCUT2D eigenvalue weighted by molar-refractivity contribution is 0.0830. The van der Waals surface area contributed by atoms with E-state index in [1.165, 1.54) is 0 Å². The van der Waals surface area contributed by atoms with Gasteiger partial charge in [-0.2, -0.15) is 0 Å². The third-order valence-corrected chi connectivity index (χ3v) is 3.32. The van der Waals surface area contributed by atoms with Crippen LogP contribution in [0.15, 0.2) is 30.3 Å². The molecular formula is C12H17BO3. The Kier molecular flexibility index (Phi) is 3.33. The molecule has 0 heterocycles. The van der Waals surface area contributed by atoms with Crippen LogP contribution < -0.4 is 0 Å². The maximum atomic E-state index is 9.04. The van der Waals surface area contributed by atoms with Gasteiger partial charge in [-0.05, 0) is 17.4 Å². The molecule has 1 aromatic carbocycles. The van der Waals surface area contributed by atoms with Crippen molar-refractivity contribution in [3.05, 3.63) is 35.9 Å². The summed E-state index contributed by atoms with van der Waals surface area (Å²) in [6.07, 6.45) is 0.833. The summed E-state index contributed by atoms with van der Waals surface area (Å²) in [6, 6.07) is 9.99. The second kappa shape index (κ2) is 4.57. The first-order chi connectivity index (χ1) is 7.62. The lowest BCUT2D eigenvalue weighted by Gasteiger charge is -2.11. The number of hydrogen-bond donors (Lipinski definition) is 2. The summed E-state index contributed by atoms with van der Waals surface area (Å²) >= 11 is 0. The third-order valence-electron chi connectivity index (χ3n) is 3.32. The van der Waals surface area contributed by atoms with Gasteiger partial charge in [-0.1, -0.05) is 37.3 Å². The highest BCUT2D eigenvalue weighted by Gasteiger charge is 2.56. The molecular weight excluding hydrogens is 203 g/mol. The molecule has 3 nitrogen and oxygen atoms in total. The second-order valence-electron chi connectivity index (χ2n) is 4.86. The molecule has 0 radical (unpaired) electrons. The average molecular weight is 220 g/mol. The van der Waals surface area contributed by atoms with Gasteiger partial charge in [0.05, 0.1) is 13.2 Å². The molecule has 0 spiro atoms. The van der Waals surface area contributed by atoms with Crippen molar-refractivity contribution in [3.63, 3.8) is 0 Å². The first-order valence-corrected chi connectivity index (χ1v) is 5.60. The van der Waals surface area contributed by atoms with Gasteiger partial charge in [-0.3, -0.25) is 0 Å². The molecule has 4 heteroatoms. The maximum absolute atomic E-state index is 9.04. The van der Waals surface area contributed by atoms with Gasteiger partial charge in [0.1, 0.15) is 0 Å². The Morgan fingerprint density at radius 3 is 2.62 bits per heavy atom. The summed E-state index contributed by atoms with van der Waals surface area (Å²) in [7, 11) is -1.20. The van der Waals surface area contributed by atoms with Crippen molar-refractivity contribution in [2.45, 2.75) is 25.8 Å². The van der Waals surface area contributed by atoms with Gasteiger partial charge in [-0.15, -0.1) is 0 Å². The fraction of sp³-hybridized carbons (Fsp3) is 0.500. The van der Waals surface area contributed by atoms with Gasteiger partial charge in [0.25, 0.3) is 0 Å².